The topological polar surface area (TPSA) is 114 Å². The Morgan fingerprint density at radius 2 is 1.71 bits per heavy atom. The van der Waals surface area contributed by atoms with Gasteiger partial charge in [0.05, 0.1) is 18.0 Å². The maximum absolute atomic E-state index is 15.6. The van der Waals surface area contributed by atoms with Crippen molar-refractivity contribution in [2.45, 2.75) is 74.4 Å². The van der Waals surface area contributed by atoms with Crippen molar-refractivity contribution in [2.24, 2.45) is 5.92 Å². The zero-order valence-corrected chi connectivity index (χ0v) is 29.5. The number of hydrogen-bond donors (Lipinski definition) is 2. The molecule has 9 nitrogen and oxygen atoms in total. The van der Waals surface area contributed by atoms with Crippen LogP contribution < -0.4 is 10.6 Å². The van der Waals surface area contributed by atoms with Crippen molar-refractivity contribution in [1.29, 1.82) is 0 Å². The number of hydrogen-bond acceptors (Lipinski definition) is 7. The molecule has 5 rings (SSSR count). The van der Waals surface area contributed by atoms with Crippen molar-refractivity contribution in [2.75, 3.05) is 33.4 Å². The summed E-state index contributed by atoms with van der Waals surface area (Å²) in [6.07, 6.45) is 1.70. The van der Waals surface area contributed by atoms with E-state index in [-0.39, 0.29) is 35.5 Å². The van der Waals surface area contributed by atoms with Gasteiger partial charge in [-0.15, -0.1) is 0 Å². The number of methoxy groups -OCH3 is 1. The summed E-state index contributed by atoms with van der Waals surface area (Å²) in [6, 6.07) is 18.6. The van der Waals surface area contributed by atoms with Crippen molar-refractivity contribution >= 4 is 33.5 Å². The normalized spacial score (nSPS) is 20.3. The SMILES string of the molecule is CC[C@H]1CNC[C@H](CCc2c(F)cccc2CC(=O)[C@@H](NC(=O)OC)[C@@H](c2ccc(Cl)cc2)C2CCOCC2)N1S(=O)(=O)c1ccccc1. The van der Waals surface area contributed by atoms with Gasteiger partial charge in [0, 0.05) is 55.7 Å². The molecule has 4 atom stereocenters. The largest absolute Gasteiger partial charge is 0.453 e. The van der Waals surface area contributed by atoms with E-state index in [0.29, 0.717) is 68.1 Å². The van der Waals surface area contributed by atoms with Crippen molar-refractivity contribution in [3.63, 3.8) is 0 Å². The van der Waals surface area contributed by atoms with Crippen LogP contribution in [-0.2, 0) is 37.1 Å². The number of nitrogens with one attached hydrogen (secondary N) is 2. The van der Waals surface area contributed by atoms with Gasteiger partial charge in [0.2, 0.25) is 10.0 Å². The highest BCUT2D eigenvalue weighted by Crippen LogP contribution is 2.37. The van der Waals surface area contributed by atoms with E-state index in [1.54, 1.807) is 58.9 Å². The molecule has 264 valence electrons. The third kappa shape index (κ3) is 8.88. The predicted octanol–water partition coefficient (Wildman–Crippen LogP) is 5.90. The summed E-state index contributed by atoms with van der Waals surface area (Å²) in [5.41, 5.74) is 1.70. The van der Waals surface area contributed by atoms with Crippen molar-refractivity contribution < 1.29 is 31.9 Å². The van der Waals surface area contributed by atoms with Gasteiger partial charge in [-0.25, -0.2) is 17.6 Å². The van der Waals surface area contributed by atoms with Gasteiger partial charge >= 0.3 is 6.09 Å². The fourth-order valence-electron chi connectivity index (χ4n) is 7.27. The third-order valence-electron chi connectivity index (χ3n) is 9.77. The molecule has 0 bridgehead atoms. The molecule has 49 heavy (non-hydrogen) atoms. The number of ketones is 1. The van der Waals surface area contributed by atoms with Crippen LogP contribution in [-0.4, -0.2) is 76.1 Å². The minimum Gasteiger partial charge on any atom is -0.453 e. The lowest BCUT2D eigenvalue weighted by molar-refractivity contribution is -0.121. The second-order valence-corrected chi connectivity index (χ2v) is 15.0. The summed E-state index contributed by atoms with van der Waals surface area (Å²) >= 11 is 6.21. The Balaban J connectivity index is 1.43. The molecular formula is C37H45ClFN3O6S. The first-order valence-electron chi connectivity index (χ1n) is 16.9. The minimum absolute atomic E-state index is 0.0240. The molecule has 0 saturated carbocycles. The van der Waals surface area contributed by atoms with Gasteiger partial charge in [0.25, 0.3) is 0 Å². The maximum atomic E-state index is 15.6. The van der Waals surface area contributed by atoms with Gasteiger partial charge in [-0.1, -0.05) is 61.0 Å². The van der Waals surface area contributed by atoms with E-state index in [1.165, 1.54) is 13.2 Å². The molecule has 2 fully saturated rings. The summed E-state index contributed by atoms with van der Waals surface area (Å²) in [4.78, 5) is 27.2. The summed E-state index contributed by atoms with van der Waals surface area (Å²) in [5.74, 6) is -1.13. The number of Topliss-reactive ketones (excluding diaryl/α,β-unsaturated/α-hetero) is 1. The van der Waals surface area contributed by atoms with Crippen molar-refractivity contribution in [3.05, 3.63) is 100 Å². The Morgan fingerprint density at radius 3 is 2.39 bits per heavy atom. The number of halogens is 2. The molecule has 0 aromatic heterocycles. The number of nitrogens with zero attached hydrogens (tertiary/aromatic N) is 1. The highest BCUT2D eigenvalue weighted by molar-refractivity contribution is 7.89. The number of piperazine rings is 1. The Bertz CT molecular complexity index is 1670. The highest BCUT2D eigenvalue weighted by Gasteiger charge is 2.40. The lowest BCUT2D eigenvalue weighted by Crippen LogP contribution is -2.59. The van der Waals surface area contributed by atoms with Crippen LogP contribution in [0.25, 0.3) is 0 Å². The average molecular weight is 714 g/mol. The highest BCUT2D eigenvalue weighted by atomic mass is 35.5. The zero-order valence-electron chi connectivity index (χ0n) is 27.9. The van der Waals surface area contributed by atoms with Crippen LogP contribution in [0.1, 0.15) is 55.2 Å². The molecule has 0 spiro atoms. The Kier molecular flexibility index (Phi) is 12.8. The van der Waals surface area contributed by atoms with Crippen LogP contribution in [0.15, 0.2) is 77.7 Å². The third-order valence-corrected chi connectivity index (χ3v) is 12.0. The molecule has 0 aliphatic carbocycles. The quantitative estimate of drug-likeness (QED) is 0.227. The van der Waals surface area contributed by atoms with E-state index in [0.717, 1.165) is 5.56 Å². The molecule has 2 aliphatic heterocycles. The van der Waals surface area contributed by atoms with Crippen LogP contribution in [0.3, 0.4) is 0 Å². The Labute approximate surface area is 293 Å². The molecule has 3 aromatic carbocycles. The summed E-state index contributed by atoms with van der Waals surface area (Å²) in [7, 11) is -2.57. The van der Waals surface area contributed by atoms with Gasteiger partial charge in [0.15, 0.2) is 5.78 Å². The van der Waals surface area contributed by atoms with E-state index in [1.807, 2.05) is 19.1 Å². The molecule has 2 heterocycles. The molecule has 2 N–H and O–H groups in total. The van der Waals surface area contributed by atoms with Crippen LogP contribution in [0.5, 0.6) is 0 Å². The van der Waals surface area contributed by atoms with Crippen LogP contribution in [0.2, 0.25) is 5.02 Å². The van der Waals surface area contributed by atoms with Crippen LogP contribution in [0.4, 0.5) is 9.18 Å². The molecule has 1 amide bonds. The molecule has 2 aliphatic rings. The fourth-order valence-corrected chi connectivity index (χ4v) is 9.32. The number of carbonyl (C=O) groups is 2. The molecule has 3 aromatic rings. The second-order valence-electron chi connectivity index (χ2n) is 12.7. The number of carbonyl (C=O) groups excluding carboxylic acids is 2. The van der Waals surface area contributed by atoms with Crippen molar-refractivity contribution in [3.8, 4) is 0 Å². The molecule has 2 saturated heterocycles. The summed E-state index contributed by atoms with van der Waals surface area (Å²) < 4.78 is 55.6. The first-order chi connectivity index (χ1) is 23.6. The monoisotopic (exact) mass is 713 g/mol. The molecule has 0 radical (unpaired) electrons. The molecular weight excluding hydrogens is 669 g/mol. The van der Waals surface area contributed by atoms with E-state index >= 15 is 4.39 Å². The van der Waals surface area contributed by atoms with Gasteiger partial charge in [-0.05, 0) is 85.0 Å². The zero-order chi connectivity index (χ0) is 35.0. The predicted molar refractivity (Wildman–Crippen MR) is 187 cm³/mol. The maximum Gasteiger partial charge on any atom is 0.407 e. The second kappa shape index (κ2) is 17.0. The molecule has 12 heteroatoms. The van der Waals surface area contributed by atoms with E-state index in [9.17, 15) is 18.0 Å². The first-order valence-corrected chi connectivity index (χ1v) is 18.7. The van der Waals surface area contributed by atoms with Crippen molar-refractivity contribution in [1.82, 2.24) is 14.9 Å². The lowest BCUT2D eigenvalue weighted by Gasteiger charge is -2.41. The van der Waals surface area contributed by atoms with Gasteiger partial charge < -0.3 is 20.1 Å². The number of benzene rings is 3. The van der Waals surface area contributed by atoms with Gasteiger partial charge in [-0.2, -0.15) is 4.31 Å². The molecule has 0 unspecified atom stereocenters. The lowest BCUT2D eigenvalue weighted by atomic mass is 9.74. The summed E-state index contributed by atoms with van der Waals surface area (Å²) in [5, 5.41) is 6.72. The Morgan fingerprint density at radius 1 is 1.02 bits per heavy atom. The fraction of sp³-hybridized carbons (Fsp3) is 0.459. The smallest absolute Gasteiger partial charge is 0.407 e. The number of amides is 1. The number of rotatable bonds is 13. The van der Waals surface area contributed by atoms with Gasteiger partial charge in [-0.3, -0.25) is 4.79 Å². The van der Waals surface area contributed by atoms with Gasteiger partial charge in [0.1, 0.15) is 5.82 Å². The number of ether oxygens (including phenoxy) is 2. The average Bonchev–Trinajstić information content (AvgIpc) is 3.12. The minimum atomic E-state index is -3.81. The van der Waals surface area contributed by atoms with Crippen LogP contribution >= 0.6 is 11.6 Å². The van der Waals surface area contributed by atoms with E-state index in [4.69, 9.17) is 21.1 Å². The van der Waals surface area contributed by atoms with E-state index < -0.39 is 39.9 Å². The Hall–Kier alpha value is -3.35. The standard InChI is InChI=1S/C37H45ClFN3O6S/c1-3-29-23-40-24-30(42(29)49(45,46)31-9-5-4-6-10-31)16-17-32-27(8-7-11-33(32)39)22-34(43)36(41-37(44)47-2)35(26-18-20-48-21-19-26)25-12-14-28(38)15-13-25/h4-15,26,29-30,35-36,40H,3,16-24H2,1-2H3,(H,41,44)/t29-,30-,35-,36+/m0/s1. The first kappa shape index (κ1) is 36.9. The number of alkyl carbamates (subject to hydrolysis) is 1. The van der Waals surface area contributed by atoms with E-state index in [2.05, 4.69) is 10.6 Å². The van der Waals surface area contributed by atoms with Crippen LogP contribution in [0, 0.1) is 11.7 Å². The number of sulfonamides is 1. The summed E-state index contributed by atoms with van der Waals surface area (Å²) in [6.45, 7) is 3.97.